The molecule has 0 saturated heterocycles. The Balaban J connectivity index is 2.94. The molecule has 1 aromatic heterocycles. The van der Waals surface area contributed by atoms with Crippen molar-refractivity contribution in [1.29, 1.82) is 0 Å². The van der Waals surface area contributed by atoms with Gasteiger partial charge in [-0.15, -0.1) is 0 Å². The highest BCUT2D eigenvalue weighted by molar-refractivity contribution is 9.11. The summed E-state index contributed by atoms with van der Waals surface area (Å²) in [6.07, 6.45) is 0. The summed E-state index contributed by atoms with van der Waals surface area (Å²) < 4.78 is 1.74. The number of nitrogen functional groups attached to an aromatic ring is 1. The van der Waals surface area contributed by atoms with E-state index in [9.17, 15) is 0 Å². The van der Waals surface area contributed by atoms with Crippen molar-refractivity contribution in [2.75, 3.05) is 5.73 Å². The van der Waals surface area contributed by atoms with Crippen LogP contribution in [-0.2, 0) is 0 Å². The molecule has 1 aromatic carbocycles. The molecule has 0 bridgehead atoms. The average molecular weight is 337 g/mol. The van der Waals surface area contributed by atoms with Crippen molar-refractivity contribution in [3.8, 4) is 0 Å². The van der Waals surface area contributed by atoms with E-state index in [0.717, 1.165) is 14.3 Å². The van der Waals surface area contributed by atoms with Gasteiger partial charge in [0.25, 0.3) is 0 Å². The van der Waals surface area contributed by atoms with Crippen molar-refractivity contribution < 1.29 is 0 Å². The van der Waals surface area contributed by atoms with Gasteiger partial charge in [-0.3, -0.25) is 0 Å². The molecule has 0 saturated carbocycles. The lowest BCUT2D eigenvalue weighted by Crippen LogP contribution is -1.95. The second-order valence-electron chi connectivity index (χ2n) is 2.66. The molecule has 0 amide bonds. The fourth-order valence-electron chi connectivity index (χ4n) is 1.15. The van der Waals surface area contributed by atoms with Crippen LogP contribution < -0.4 is 5.73 Å². The number of benzene rings is 1. The van der Waals surface area contributed by atoms with Gasteiger partial charge in [0.15, 0.2) is 0 Å². The molecular weight excluding hydrogens is 333 g/mol. The normalized spacial score (nSPS) is 10.8. The first-order chi connectivity index (χ1) is 6.58. The number of anilines is 1. The van der Waals surface area contributed by atoms with Gasteiger partial charge in [0, 0.05) is 14.3 Å². The summed E-state index contributed by atoms with van der Waals surface area (Å²) in [6.45, 7) is 0. The van der Waals surface area contributed by atoms with Gasteiger partial charge in [0.1, 0.15) is 5.82 Å². The lowest BCUT2D eigenvalue weighted by molar-refractivity contribution is 1.22. The Hall–Kier alpha value is -0.390. The number of rotatable bonds is 0. The molecule has 0 fully saturated rings. The minimum absolute atomic E-state index is 0.151. The van der Waals surface area contributed by atoms with Gasteiger partial charge in [-0.05, 0) is 39.7 Å². The van der Waals surface area contributed by atoms with Crippen molar-refractivity contribution in [2.24, 2.45) is 0 Å². The van der Waals surface area contributed by atoms with Crippen LogP contribution in [0.2, 0.25) is 5.28 Å². The third-order valence-corrected chi connectivity index (χ3v) is 2.95. The monoisotopic (exact) mass is 335 g/mol. The van der Waals surface area contributed by atoms with E-state index < -0.39 is 0 Å². The molecule has 0 aliphatic carbocycles. The van der Waals surface area contributed by atoms with Crippen LogP contribution in [0.5, 0.6) is 0 Å². The fraction of sp³-hybridized carbons (Fsp3) is 0. The third-order valence-electron chi connectivity index (χ3n) is 1.72. The van der Waals surface area contributed by atoms with E-state index in [1.807, 2.05) is 12.1 Å². The Morgan fingerprint density at radius 1 is 1.21 bits per heavy atom. The first-order valence-corrected chi connectivity index (χ1v) is 5.62. The summed E-state index contributed by atoms with van der Waals surface area (Å²) in [4.78, 5) is 7.96. The van der Waals surface area contributed by atoms with Crippen LogP contribution in [-0.4, -0.2) is 9.97 Å². The number of fused-ring (bicyclic) bond motifs is 1. The summed E-state index contributed by atoms with van der Waals surface area (Å²) >= 11 is 12.4. The smallest absolute Gasteiger partial charge is 0.224 e. The number of nitrogens with two attached hydrogens (primary N) is 1. The largest absolute Gasteiger partial charge is 0.383 e. The molecule has 1 heterocycles. The number of aromatic nitrogens is 2. The standard InChI is InChI=1S/C8H4Br2ClN3/c9-3-1-4-6(5(10)2-3)13-8(11)14-7(4)12/h1-2H,(H2,12,13,14). The van der Waals surface area contributed by atoms with Crippen LogP contribution in [0.25, 0.3) is 10.9 Å². The lowest BCUT2D eigenvalue weighted by atomic mass is 10.2. The highest BCUT2D eigenvalue weighted by Gasteiger charge is 2.07. The number of halogens is 3. The predicted molar refractivity (Wildman–Crippen MR) is 64.4 cm³/mol. The van der Waals surface area contributed by atoms with Crippen molar-refractivity contribution in [3.05, 3.63) is 26.4 Å². The van der Waals surface area contributed by atoms with E-state index in [2.05, 4.69) is 41.8 Å². The summed E-state index contributed by atoms with van der Waals surface area (Å²) in [5, 5.41) is 0.925. The van der Waals surface area contributed by atoms with Gasteiger partial charge < -0.3 is 5.73 Å². The predicted octanol–water partition coefficient (Wildman–Crippen LogP) is 3.39. The molecule has 2 rings (SSSR count). The van der Waals surface area contributed by atoms with Crippen molar-refractivity contribution in [1.82, 2.24) is 9.97 Å². The van der Waals surface area contributed by atoms with E-state index in [0.29, 0.717) is 11.3 Å². The van der Waals surface area contributed by atoms with Crippen molar-refractivity contribution >= 4 is 60.2 Å². The van der Waals surface area contributed by atoms with Gasteiger partial charge in [0.05, 0.1) is 5.52 Å². The van der Waals surface area contributed by atoms with E-state index in [1.165, 1.54) is 0 Å². The Kier molecular flexibility index (Phi) is 2.64. The molecular formula is C8H4Br2ClN3. The maximum atomic E-state index is 5.72. The highest BCUT2D eigenvalue weighted by atomic mass is 79.9. The third kappa shape index (κ3) is 1.71. The van der Waals surface area contributed by atoms with Crippen molar-refractivity contribution in [3.63, 3.8) is 0 Å². The molecule has 0 aliphatic rings. The summed E-state index contributed by atoms with van der Waals surface area (Å²) in [5.74, 6) is 0.377. The number of hydrogen-bond acceptors (Lipinski definition) is 3. The molecule has 6 heteroatoms. The first-order valence-electron chi connectivity index (χ1n) is 3.65. The molecule has 2 aromatic rings. The van der Waals surface area contributed by atoms with Crippen LogP contribution >= 0.6 is 43.5 Å². The molecule has 14 heavy (non-hydrogen) atoms. The SMILES string of the molecule is Nc1nc(Cl)nc2c(Br)cc(Br)cc12. The Morgan fingerprint density at radius 3 is 2.64 bits per heavy atom. The summed E-state index contributed by atoms with van der Waals surface area (Å²) in [6, 6.07) is 3.73. The molecule has 0 radical (unpaired) electrons. The second-order valence-corrected chi connectivity index (χ2v) is 4.77. The molecule has 0 unspecified atom stereocenters. The van der Waals surface area contributed by atoms with Gasteiger partial charge in [-0.2, -0.15) is 0 Å². The minimum atomic E-state index is 0.151. The maximum Gasteiger partial charge on any atom is 0.224 e. The molecule has 0 aliphatic heterocycles. The van der Waals surface area contributed by atoms with Crippen LogP contribution in [0.4, 0.5) is 5.82 Å². The lowest BCUT2D eigenvalue weighted by Gasteiger charge is -2.03. The fourth-order valence-corrected chi connectivity index (χ4v) is 2.64. The number of hydrogen-bond donors (Lipinski definition) is 1. The minimum Gasteiger partial charge on any atom is -0.383 e. The Morgan fingerprint density at radius 2 is 1.93 bits per heavy atom. The Bertz CT molecular complexity index is 468. The zero-order chi connectivity index (χ0) is 10.3. The zero-order valence-corrected chi connectivity index (χ0v) is 10.7. The van der Waals surface area contributed by atoms with Gasteiger partial charge in [0.2, 0.25) is 5.28 Å². The first kappa shape index (κ1) is 10.1. The second kappa shape index (κ2) is 3.64. The maximum absolute atomic E-state index is 5.72. The average Bonchev–Trinajstić information content (AvgIpc) is 2.07. The summed E-state index contributed by atoms with van der Waals surface area (Å²) in [5.41, 5.74) is 6.43. The van der Waals surface area contributed by atoms with Crippen LogP contribution in [0.1, 0.15) is 0 Å². The van der Waals surface area contributed by atoms with E-state index >= 15 is 0 Å². The van der Waals surface area contributed by atoms with Crippen LogP contribution in [0.15, 0.2) is 21.1 Å². The molecule has 0 spiro atoms. The Labute approximate surface area is 102 Å². The molecule has 3 nitrogen and oxygen atoms in total. The quantitative estimate of drug-likeness (QED) is 0.750. The highest BCUT2D eigenvalue weighted by Crippen LogP contribution is 2.30. The van der Waals surface area contributed by atoms with Gasteiger partial charge >= 0.3 is 0 Å². The zero-order valence-electron chi connectivity index (χ0n) is 6.76. The van der Waals surface area contributed by atoms with Crippen LogP contribution in [0.3, 0.4) is 0 Å². The molecule has 2 N–H and O–H groups in total. The van der Waals surface area contributed by atoms with Gasteiger partial charge in [-0.1, -0.05) is 15.9 Å². The van der Waals surface area contributed by atoms with E-state index in [4.69, 9.17) is 17.3 Å². The molecule has 0 atom stereocenters. The summed E-state index contributed by atoms with van der Waals surface area (Å²) in [7, 11) is 0. The molecule has 72 valence electrons. The van der Waals surface area contributed by atoms with E-state index in [-0.39, 0.29) is 5.28 Å². The van der Waals surface area contributed by atoms with E-state index in [1.54, 1.807) is 0 Å². The van der Waals surface area contributed by atoms with Crippen molar-refractivity contribution in [2.45, 2.75) is 0 Å². The van der Waals surface area contributed by atoms with Gasteiger partial charge in [-0.25, -0.2) is 9.97 Å². The topological polar surface area (TPSA) is 51.8 Å². The van der Waals surface area contributed by atoms with Crippen LogP contribution in [0, 0.1) is 0 Å². The number of nitrogens with zero attached hydrogens (tertiary/aromatic N) is 2.